The number of ether oxygens (including phenoxy) is 2. The van der Waals surface area contributed by atoms with Crippen molar-refractivity contribution in [2.24, 2.45) is 0 Å². The van der Waals surface area contributed by atoms with Gasteiger partial charge in [-0.1, -0.05) is 36.4 Å². The molecule has 0 aromatic heterocycles. The molecule has 7 nitrogen and oxygen atoms in total. The van der Waals surface area contributed by atoms with Gasteiger partial charge >= 0.3 is 0 Å². The van der Waals surface area contributed by atoms with E-state index in [0.717, 1.165) is 15.4 Å². The number of carbonyl (C=O) groups is 1. The molecule has 0 aliphatic rings. The third-order valence-corrected chi connectivity index (χ3v) is 6.99. The molecule has 3 aromatic carbocycles. The van der Waals surface area contributed by atoms with Gasteiger partial charge in [-0.2, -0.15) is 0 Å². The first-order chi connectivity index (χ1) is 15.8. The summed E-state index contributed by atoms with van der Waals surface area (Å²) in [6.45, 7) is 3.28. The number of benzene rings is 3. The topological polar surface area (TPSA) is 84.9 Å². The Morgan fingerprint density at radius 2 is 1.64 bits per heavy atom. The summed E-state index contributed by atoms with van der Waals surface area (Å²) in [4.78, 5) is 13.1. The second kappa shape index (κ2) is 10.4. The van der Waals surface area contributed by atoms with Crippen molar-refractivity contribution in [2.75, 3.05) is 25.1 Å². The van der Waals surface area contributed by atoms with E-state index < -0.39 is 22.5 Å². The highest BCUT2D eigenvalue weighted by molar-refractivity contribution is 7.92. The van der Waals surface area contributed by atoms with Crippen molar-refractivity contribution in [1.82, 2.24) is 5.32 Å². The van der Waals surface area contributed by atoms with Gasteiger partial charge in [0, 0.05) is 0 Å². The van der Waals surface area contributed by atoms with E-state index in [1.807, 2.05) is 44.2 Å². The zero-order valence-corrected chi connectivity index (χ0v) is 19.9. The van der Waals surface area contributed by atoms with Gasteiger partial charge in [0.25, 0.3) is 10.0 Å². The Kier molecular flexibility index (Phi) is 7.60. The van der Waals surface area contributed by atoms with Gasteiger partial charge in [-0.25, -0.2) is 8.42 Å². The number of sulfonamides is 1. The molecule has 0 spiro atoms. The van der Waals surface area contributed by atoms with Gasteiger partial charge in [0.15, 0.2) is 0 Å². The first-order valence-corrected chi connectivity index (χ1v) is 11.9. The van der Waals surface area contributed by atoms with E-state index in [4.69, 9.17) is 9.47 Å². The van der Waals surface area contributed by atoms with Crippen LogP contribution in [0.5, 0.6) is 11.5 Å². The van der Waals surface area contributed by atoms with Gasteiger partial charge in [-0.05, 0) is 61.4 Å². The average molecular weight is 469 g/mol. The molecule has 0 heterocycles. The molecule has 1 atom stereocenters. The summed E-state index contributed by atoms with van der Waals surface area (Å²) < 4.78 is 38.8. The van der Waals surface area contributed by atoms with Crippen LogP contribution in [-0.4, -0.2) is 35.1 Å². The van der Waals surface area contributed by atoms with E-state index in [1.165, 1.54) is 19.2 Å². The van der Waals surface area contributed by atoms with E-state index in [1.54, 1.807) is 37.4 Å². The Labute approximate surface area is 195 Å². The standard InChI is InChI=1S/C25H28N2O5S/c1-18-10-15-24(32-4)23(16-18)27(33(29,30)22-8-6-5-7-9-22)17-25(28)26-19(2)20-11-13-21(31-3)14-12-20/h5-16,19H,17H2,1-4H3,(H,26,28). The van der Waals surface area contributed by atoms with Crippen molar-refractivity contribution < 1.29 is 22.7 Å². The predicted molar refractivity (Wildman–Crippen MR) is 128 cm³/mol. The van der Waals surface area contributed by atoms with Crippen LogP contribution in [0.4, 0.5) is 5.69 Å². The van der Waals surface area contributed by atoms with Crippen LogP contribution in [0.1, 0.15) is 24.1 Å². The highest BCUT2D eigenvalue weighted by Crippen LogP contribution is 2.33. The van der Waals surface area contributed by atoms with Crippen LogP contribution in [0.3, 0.4) is 0 Å². The molecule has 0 radical (unpaired) electrons. The molecule has 3 aromatic rings. The van der Waals surface area contributed by atoms with E-state index >= 15 is 0 Å². The van der Waals surface area contributed by atoms with Crippen molar-refractivity contribution in [2.45, 2.75) is 24.8 Å². The van der Waals surface area contributed by atoms with Gasteiger partial charge in [0.05, 0.1) is 30.8 Å². The van der Waals surface area contributed by atoms with Crippen molar-refractivity contribution in [3.8, 4) is 11.5 Å². The minimum atomic E-state index is -4.03. The molecule has 8 heteroatoms. The number of nitrogens with zero attached hydrogens (tertiary/aromatic N) is 1. The molecule has 0 fully saturated rings. The van der Waals surface area contributed by atoms with Gasteiger partial charge < -0.3 is 14.8 Å². The summed E-state index contributed by atoms with van der Waals surface area (Å²) in [5, 5.41) is 2.88. The number of nitrogens with one attached hydrogen (secondary N) is 1. The number of hydrogen-bond donors (Lipinski definition) is 1. The molecular formula is C25H28N2O5S. The maximum atomic E-state index is 13.6. The van der Waals surface area contributed by atoms with Gasteiger partial charge in [-0.15, -0.1) is 0 Å². The number of anilines is 1. The zero-order valence-electron chi connectivity index (χ0n) is 19.1. The van der Waals surface area contributed by atoms with Crippen molar-refractivity contribution >= 4 is 21.6 Å². The summed E-state index contributed by atoms with van der Waals surface area (Å²) in [5.41, 5.74) is 2.01. The molecule has 3 rings (SSSR count). The lowest BCUT2D eigenvalue weighted by molar-refractivity contribution is -0.120. The number of aryl methyl sites for hydroxylation is 1. The molecule has 0 aliphatic carbocycles. The van der Waals surface area contributed by atoms with Gasteiger partial charge in [0.1, 0.15) is 18.0 Å². The maximum Gasteiger partial charge on any atom is 0.264 e. The molecule has 1 N–H and O–H groups in total. The summed E-state index contributed by atoms with van der Waals surface area (Å²) >= 11 is 0. The van der Waals surface area contributed by atoms with E-state index in [9.17, 15) is 13.2 Å². The van der Waals surface area contributed by atoms with Crippen LogP contribution < -0.4 is 19.1 Å². The van der Waals surface area contributed by atoms with Gasteiger partial charge in [-0.3, -0.25) is 9.10 Å². The van der Waals surface area contributed by atoms with E-state index in [2.05, 4.69) is 5.32 Å². The first-order valence-electron chi connectivity index (χ1n) is 10.4. The van der Waals surface area contributed by atoms with Crippen LogP contribution in [0.2, 0.25) is 0 Å². The Morgan fingerprint density at radius 3 is 2.24 bits per heavy atom. The molecule has 0 aliphatic heterocycles. The third-order valence-electron chi connectivity index (χ3n) is 5.21. The Balaban J connectivity index is 1.93. The van der Waals surface area contributed by atoms with Crippen molar-refractivity contribution in [3.05, 3.63) is 83.9 Å². The summed E-state index contributed by atoms with van der Waals surface area (Å²) in [6, 6.07) is 20.2. The maximum absolute atomic E-state index is 13.6. The lowest BCUT2D eigenvalue weighted by Gasteiger charge is -2.26. The quantitative estimate of drug-likeness (QED) is 0.511. The molecule has 0 bridgehead atoms. The number of rotatable bonds is 9. The van der Waals surface area contributed by atoms with Crippen LogP contribution in [0.15, 0.2) is 77.7 Å². The van der Waals surface area contributed by atoms with Crippen LogP contribution in [-0.2, 0) is 14.8 Å². The zero-order chi connectivity index (χ0) is 24.0. The minimum Gasteiger partial charge on any atom is -0.497 e. The number of amides is 1. The first kappa shape index (κ1) is 24.1. The fourth-order valence-electron chi connectivity index (χ4n) is 3.41. The number of methoxy groups -OCH3 is 2. The average Bonchev–Trinajstić information content (AvgIpc) is 2.83. The lowest BCUT2D eigenvalue weighted by Crippen LogP contribution is -2.41. The Bertz CT molecular complexity index is 1200. The molecule has 1 unspecified atom stereocenters. The molecule has 0 saturated heterocycles. The molecule has 0 saturated carbocycles. The summed E-state index contributed by atoms with van der Waals surface area (Å²) in [5.74, 6) is 0.626. The summed E-state index contributed by atoms with van der Waals surface area (Å²) in [6.07, 6.45) is 0. The van der Waals surface area contributed by atoms with Crippen LogP contribution in [0.25, 0.3) is 0 Å². The van der Waals surface area contributed by atoms with Crippen molar-refractivity contribution in [1.29, 1.82) is 0 Å². The second-order valence-corrected chi connectivity index (χ2v) is 9.42. The number of carbonyl (C=O) groups excluding carboxylic acids is 1. The molecule has 174 valence electrons. The normalized spacial score (nSPS) is 12.0. The fourth-order valence-corrected chi connectivity index (χ4v) is 4.85. The SMILES string of the molecule is COc1ccc(C(C)NC(=O)CN(c2cc(C)ccc2OC)S(=O)(=O)c2ccccc2)cc1. The smallest absolute Gasteiger partial charge is 0.264 e. The predicted octanol–water partition coefficient (Wildman–Crippen LogP) is 4.08. The Hall–Kier alpha value is -3.52. The largest absolute Gasteiger partial charge is 0.497 e. The van der Waals surface area contributed by atoms with E-state index in [-0.39, 0.29) is 10.9 Å². The monoisotopic (exact) mass is 468 g/mol. The molecular weight excluding hydrogens is 440 g/mol. The minimum absolute atomic E-state index is 0.0876. The number of hydrogen-bond acceptors (Lipinski definition) is 5. The van der Waals surface area contributed by atoms with E-state index in [0.29, 0.717) is 17.2 Å². The second-order valence-electron chi connectivity index (χ2n) is 7.56. The van der Waals surface area contributed by atoms with Gasteiger partial charge in [0.2, 0.25) is 5.91 Å². The van der Waals surface area contributed by atoms with Crippen LogP contribution >= 0.6 is 0 Å². The fraction of sp³-hybridized carbons (Fsp3) is 0.240. The Morgan fingerprint density at radius 1 is 0.970 bits per heavy atom. The lowest BCUT2D eigenvalue weighted by atomic mass is 10.1. The highest BCUT2D eigenvalue weighted by atomic mass is 32.2. The highest BCUT2D eigenvalue weighted by Gasteiger charge is 2.30. The molecule has 1 amide bonds. The van der Waals surface area contributed by atoms with Crippen LogP contribution in [0, 0.1) is 6.92 Å². The van der Waals surface area contributed by atoms with Crippen molar-refractivity contribution in [3.63, 3.8) is 0 Å². The summed E-state index contributed by atoms with van der Waals surface area (Å²) in [7, 11) is -0.982. The molecule has 33 heavy (non-hydrogen) atoms. The third kappa shape index (κ3) is 5.64.